The number of hydrogen-bond donors (Lipinski definition) is 3. The number of rotatable bonds is 6. The molecule has 0 aromatic heterocycles. The van der Waals surface area contributed by atoms with Crippen molar-refractivity contribution >= 4 is 34.7 Å². The lowest BCUT2D eigenvalue weighted by molar-refractivity contribution is 0.102. The number of anilines is 4. The van der Waals surface area contributed by atoms with Crippen LogP contribution in [0, 0.1) is 0 Å². The summed E-state index contributed by atoms with van der Waals surface area (Å²) in [7, 11) is 0. The summed E-state index contributed by atoms with van der Waals surface area (Å²) in [5.41, 5.74) is 3.67. The Bertz CT molecular complexity index is 924. The molecule has 3 N–H and O–H groups in total. The minimum absolute atomic E-state index is 0.230. The monoisotopic (exact) mass is 375 g/mol. The molecule has 28 heavy (non-hydrogen) atoms. The van der Waals surface area contributed by atoms with E-state index in [0.29, 0.717) is 23.5 Å². The summed E-state index contributed by atoms with van der Waals surface area (Å²) >= 11 is 0. The molecule has 2 amide bonds. The molecule has 0 spiro atoms. The van der Waals surface area contributed by atoms with Crippen LogP contribution in [-0.4, -0.2) is 18.6 Å². The van der Waals surface area contributed by atoms with Gasteiger partial charge in [0.05, 0.1) is 6.61 Å². The molecule has 0 heterocycles. The maximum Gasteiger partial charge on any atom is 0.411 e. The number of hydrogen-bond acceptors (Lipinski definition) is 4. The Balaban J connectivity index is 1.57. The van der Waals surface area contributed by atoms with Gasteiger partial charge in [0.15, 0.2) is 0 Å². The summed E-state index contributed by atoms with van der Waals surface area (Å²) in [4.78, 5) is 23.8. The van der Waals surface area contributed by atoms with Crippen LogP contribution in [-0.2, 0) is 4.74 Å². The molecule has 0 fully saturated rings. The van der Waals surface area contributed by atoms with Crippen LogP contribution in [0.4, 0.5) is 27.5 Å². The van der Waals surface area contributed by atoms with Gasteiger partial charge in [0.2, 0.25) is 0 Å². The first-order valence-corrected chi connectivity index (χ1v) is 8.91. The van der Waals surface area contributed by atoms with Gasteiger partial charge < -0.3 is 15.4 Å². The number of carbonyl (C=O) groups is 2. The molecule has 6 heteroatoms. The van der Waals surface area contributed by atoms with Gasteiger partial charge in [-0.25, -0.2) is 4.79 Å². The number of carbonyl (C=O) groups excluding carboxylic acids is 2. The van der Waals surface area contributed by atoms with E-state index in [1.807, 2.05) is 54.6 Å². The second kappa shape index (κ2) is 9.23. The molecule has 0 aliphatic heterocycles. The third-order valence-corrected chi connectivity index (χ3v) is 3.87. The molecule has 3 aromatic rings. The van der Waals surface area contributed by atoms with Gasteiger partial charge in [-0.1, -0.05) is 18.2 Å². The molecule has 3 rings (SSSR count). The van der Waals surface area contributed by atoms with Crippen LogP contribution in [0.15, 0.2) is 78.9 Å². The van der Waals surface area contributed by atoms with Crippen molar-refractivity contribution in [3.8, 4) is 0 Å². The Morgan fingerprint density at radius 1 is 0.714 bits per heavy atom. The number of nitrogens with one attached hydrogen (secondary N) is 3. The maximum atomic E-state index is 12.4. The molecule has 0 bridgehead atoms. The van der Waals surface area contributed by atoms with Gasteiger partial charge in [0, 0.05) is 28.3 Å². The Hall–Kier alpha value is -3.80. The van der Waals surface area contributed by atoms with Gasteiger partial charge in [-0.3, -0.25) is 10.1 Å². The lowest BCUT2D eigenvalue weighted by Crippen LogP contribution is -2.14. The van der Waals surface area contributed by atoms with Crippen molar-refractivity contribution in [1.82, 2.24) is 0 Å². The van der Waals surface area contributed by atoms with Crippen molar-refractivity contribution in [1.29, 1.82) is 0 Å². The first kappa shape index (κ1) is 19.0. The highest BCUT2D eigenvalue weighted by Gasteiger charge is 2.07. The average Bonchev–Trinajstić information content (AvgIpc) is 2.71. The van der Waals surface area contributed by atoms with Gasteiger partial charge in [-0.2, -0.15) is 0 Å². The molecule has 0 aliphatic carbocycles. The fourth-order valence-corrected chi connectivity index (χ4v) is 2.52. The first-order chi connectivity index (χ1) is 13.6. The molecule has 0 saturated heterocycles. The Morgan fingerprint density at radius 2 is 1.25 bits per heavy atom. The smallest absolute Gasteiger partial charge is 0.411 e. The predicted molar refractivity (Wildman–Crippen MR) is 111 cm³/mol. The molecule has 0 atom stereocenters. The van der Waals surface area contributed by atoms with Crippen molar-refractivity contribution in [2.45, 2.75) is 6.92 Å². The van der Waals surface area contributed by atoms with Crippen molar-refractivity contribution < 1.29 is 14.3 Å². The molecule has 0 radical (unpaired) electrons. The van der Waals surface area contributed by atoms with Crippen molar-refractivity contribution in [2.75, 3.05) is 22.6 Å². The molecular weight excluding hydrogens is 354 g/mol. The van der Waals surface area contributed by atoms with Gasteiger partial charge >= 0.3 is 6.09 Å². The van der Waals surface area contributed by atoms with E-state index in [-0.39, 0.29) is 5.91 Å². The fraction of sp³-hybridized carbons (Fsp3) is 0.0909. The van der Waals surface area contributed by atoms with E-state index in [2.05, 4.69) is 16.0 Å². The Kier molecular flexibility index (Phi) is 6.25. The van der Waals surface area contributed by atoms with Gasteiger partial charge in [0.25, 0.3) is 5.91 Å². The lowest BCUT2D eigenvalue weighted by Gasteiger charge is -2.09. The largest absolute Gasteiger partial charge is 0.450 e. The zero-order valence-electron chi connectivity index (χ0n) is 15.4. The second-order valence-corrected chi connectivity index (χ2v) is 5.95. The van der Waals surface area contributed by atoms with Crippen molar-refractivity contribution in [2.24, 2.45) is 0 Å². The first-order valence-electron chi connectivity index (χ1n) is 8.91. The average molecular weight is 375 g/mol. The zero-order chi connectivity index (χ0) is 19.8. The Morgan fingerprint density at radius 3 is 1.89 bits per heavy atom. The summed E-state index contributed by atoms with van der Waals surface area (Å²) in [6.45, 7) is 2.03. The van der Waals surface area contributed by atoms with Crippen LogP contribution in [0.3, 0.4) is 0 Å². The van der Waals surface area contributed by atoms with E-state index in [4.69, 9.17) is 4.74 Å². The summed E-state index contributed by atoms with van der Waals surface area (Å²) in [5, 5.41) is 8.73. The van der Waals surface area contributed by atoms with Crippen molar-refractivity contribution in [3.05, 3.63) is 84.4 Å². The minimum atomic E-state index is -0.524. The standard InChI is InChI=1S/C22H21N3O3/c1-2-28-22(27)25-20-10-8-16(9-11-20)21(26)24-19-14-12-18(13-15-19)23-17-6-4-3-5-7-17/h3-15,23H,2H2,1H3,(H,24,26)(H,25,27). The molecule has 142 valence electrons. The van der Waals surface area contributed by atoms with E-state index in [9.17, 15) is 9.59 Å². The van der Waals surface area contributed by atoms with Crippen LogP contribution in [0.1, 0.15) is 17.3 Å². The topological polar surface area (TPSA) is 79.5 Å². The van der Waals surface area contributed by atoms with E-state index >= 15 is 0 Å². The normalized spacial score (nSPS) is 10.0. The van der Waals surface area contributed by atoms with Gasteiger partial charge in [-0.05, 0) is 67.6 Å². The van der Waals surface area contributed by atoms with Gasteiger partial charge in [-0.15, -0.1) is 0 Å². The third-order valence-electron chi connectivity index (χ3n) is 3.87. The van der Waals surface area contributed by atoms with Gasteiger partial charge in [0.1, 0.15) is 0 Å². The van der Waals surface area contributed by atoms with E-state index in [1.165, 1.54) is 0 Å². The van der Waals surface area contributed by atoms with Crippen molar-refractivity contribution in [3.63, 3.8) is 0 Å². The highest BCUT2D eigenvalue weighted by atomic mass is 16.5. The molecule has 6 nitrogen and oxygen atoms in total. The minimum Gasteiger partial charge on any atom is -0.450 e. The second-order valence-electron chi connectivity index (χ2n) is 5.95. The van der Waals surface area contributed by atoms with E-state index in [1.54, 1.807) is 31.2 Å². The predicted octanol–water partition coefficient (Wildman–Crippen LogP) is 5.25. The SMILES string of the molecule is CCOC(=O)Nc1ccc(C(=O)Nc2ccc(Nc3ccccc3)cc2)cc1. The van der Waals surface area contributed by atoms with Crippen LogP contribution in [0.2, 0.25) is 0 Å². The van der Waals surface area contributed by atoms with Crippen LogP contribution in [0.25, 0.3) is 0 Å². The number of amides is 2. The molecule has 0 aliphatic rings. The molecule has 0 unspecified atom stereocenters. The maximum absolute atomic E-state index is 12.4. The number of para-hydroxylation sites is 1. The van der Waals surface area contributed by atoms with Crippen LogP contribution in [0.5, 0.6) is 0 Å². The fourth-order valence-electron chi connectivity index (χ4n) is 2.52. The number of ether oxygens (including phenoxy) is 1. The third kappa shape index (κ3) is 5.35. The quantitative estimate of drug-likeness (QED) is 0.550. The Labute approximate surface area is 163 Å². The molecule has 0 saturated carbocycles. The number of benzene rings is 3. The summed E-state index contributed by atoms with van der Waals surface area (Å²) < 4.78 is 4.82. The zero-order valence-corrected chi connectivity index (χ0v) is 15.4. The highest BCUT2D eigenvalue weighted by Crippen LogP contribution is 2.19. The molecule has 3 aromatic carbocycles. The highest BCUT2D eigenvalue weighted by molar-refractivity contribution is 6.04. The summed E-state index contributed by atoms with van der Waals surface area (Å²) in [5.74, 6) is -0.230. The van der Waals surface area contributed by atoms with Crippen LogP contribution >= 0.6 is 0 Å². The van der Waals surface area contributed by atoms with E-state index in [0.717, 1.165) is 11.4 Å². The summed E-state index contributed by atoms with van der Waals surface area (Å²) in [6.07, 6.45) is -0.524. The van der Waals surface area contributed by atoms with Crippen LogP contribution < -0.4 is 16.0 Å². The lowest BCUT2D eigenvalue weighted by atomic mass is 10.2. The molecular formula is C22H21N3O3. The van der Waals surface area contributed by atoms with E-state index < -0.39 is 6.09 Å². The summed E-state index contributed by atoms with van der Waals surface area (Å²) in [6, 6.07) is 23.9.